The summed E-state index contributed by atoms with van der Waals surface area (Å²) in [6, 6.07) is 9.78. The summed E-state index contributed by atoms with van der Waals surface area (Å²) in [5.41, 5.74) is 1.04. The lowest BCUT2D eigenvalue weighted by Gasteiger charge is -2.07. The van der Waals surface area contributed by atoms with E-state index in [1.54, 1.807) is 0 Å². The molecule has 3 aromatic rings. The number of nitriles is 1. The van der Waals surface area contributed by atoms with E-state index in [2.05, 4.69) is 40.4 Å². The van der Waals surface area contributed by atoms with Gasteiger partial charge in [-0.3, -0.25) is 0 Å². The molecule has 2 N–H and O–H groups in total. The number of aliphatic hydroxyl groups excluding tert-OH is 1. The average molecular weight is 446 g/mol. The molecular weight excluding hydrogens is 422 g/mol. The third kappa shape index (κ3) is 5.92. The van der Waals surface area contributed by atoms with Crippen LogP contribution in [0, 0.1) is 17.2 Å². The van der Waals surface area contributed by atoms with Gasteiger partial charge in [-0.05, 0) is 30.9 Å². The summed E-state index contributed by atoms with van der Waals surface area (Å²) in [4.78, 5) is 4.46. The Labute approximate surface area is 182 Å². The molecule has 0 bridgehead atoms. The van der Waals surface area contributed by atoms with Crippen LogP contribution in [-0.2, 0) is 0 Å². The number of para-hydroxylation sites is 1. The van der Waals surface area contributed by atoms with Gasteiger partial charge in [-0.25, -0.2) is 4.98 Å². The van der Waals surface area contributed by atoms with Gasteiger partial charge in [0.05, 0.1) is 16.0 Å². The second kappa shape index (κ2) is 10.6. The van der Waals surface area contributed by atoms with E-state index in [-0.39, 0.29) is 17.1 Å². The molecule has 1 aromatic carbocycles. The van der Waals surface area contributed by atoms with Crippen LogP contribution in [0.2, 0.25) is 0 Å². The molecule has 9 heteroatoms. The van der Waals surface area contributed by atoms with Crippen molar-refractivity contribution in [3.05, 3.63) is 35.0 Å². The highest BCUT2D eigenvalue weighted by molar-refractivity contribution is 8.01. The van der Waals surface area contributed by atoms with Crippen molar-refractivity contribution in [1.29, 1.82) is 5.26 Å². The van der Waals surface area contributed by atoms with E-state index < -0.39 is 0 Å². The molecule has 0 radical (unpaired) electrons. The molecule has 0 aliphatic carbocycles. The molecule has 2 heterocycles. The van der Waals surface area contributed by atoms with Crippen molar-refractivity contribution in [3.63, 3.8) is 0 Å². The number of thiazole rings is 1. The quantitative estimate of drug-likeness (QED) is 0.172. The maximum absolute atomic E-state index is 10.4. The smallest absolute Gasteiger partial charge is 0.206 e. The lowest BCUT2D eigenvalue weighted by molar-refractivity contribution is 0.421. The molecule has 0 fully saturated rings. The van der Waals surface area contributed by atoms with Gasteiger partial charge in [0.25, 0.3) is 0 Å². The molecule has 0 aliphatic rings. The number of hydrogen-bond donors (Lipinski definition) is 2. The van der Waals surface area contributed by atoms with Crippen LogP contribution in [0.3, 0.4) is 0 Å². The van der Waals surface area contributed by atoms with Gasteiger partial charge in [-0.15, -0.1) is 21.5 Å². The lowest BCUT2D eigenvalue weighted by Crippen LogP contribution is -2.03. The maximum Gasteiger partial charge on any atom is 0.206 e. The molecule has 0 saturated carbocycles. The highest BCUT2D eigenvalue weighted by Crippen LogP contribution is 2.31. The standard InChI is InChI=1S/C20H23N5OS3/c1-3-13(2)7-6-10-22-19-24-25-20(29-19)27-12-16(26)14(11-21)18-23-15-8-4-5-9-17(15)28-18/h4-5,8-9,13,26H,3,6-7,10,12H2,1-2H3,(H,22,24)/b16-14-. The van der Waals surface area contributed by atoms with Crippen molar-refractivity contribution in [2.24, 2.45) is 5.92 Å². The number of benzene rings is 1. The minimum absolute atomic E-state index is 0.00909. The van der Waals surface area contributed by atoms with E-state index in [1.807, 2.05) is 24.3 Å². The summed E-state index contributed by atoms with van der Waals surface area (Å²) in [5.74, 6) is 1.01. The predicted octanol–water partition coefficient (Wildman–Crippen LogP) is 5.97. The Bertz CT molecular complexity index is 987. The molecule has 2 aromatic heterocycles. The normalized spacial score (nSPS) is 13.1. The fourth-order valence-corrected chi connectivity index (χ4v) is 5.24. The molecule has 0 aliphatic heterocycles. The number of fused-ring (bicyclic) bond motifs is 1. The second-order valence-corrected chi connectivity index (χ2v) is 9.90. The minimum atomic E-state index is 0.00909. The van der Waals surface area contributed by atoms with Crippen molar-refractivity contribution in [2.45, 2.75) is 37.4 Å². The zero-order chi connectivity index (χ0) is 20.6. The average Bonchev–Trinajstić information content (AvgIpc) is 3.36. The molecule has 0 saturated heterocycles. The van der Waals surface area contributed by atoms with E-state index >= 15 is 0 Å². The molecule has 3 rings (SSSR count). The van der Waals surface area contributed by atoms with Crippen LogP contribution in [0.4, 0.5) is 5.13 Å². The highest BCUT2D eigenvalue weighted by atomic mass is 32.2. The third-order valence-corrected chi connectivity index (χ3v) is 7.57. The Morgan fingerprint density at radius 2 is 2.14 bits per heavy atom. The molecule has 29 heavy (non-hydrogen) atoms. The number of nitrogens with zero attached hydrogens (tertiary/aromatic N) is 4. The number of rotatable bonds is 10. The molecule has 152 valence electrons. The Kier molecular flexibility index (Phi) is 7.86. The van der Waals surface area contributed by atoms with Crippen molar-refractivity contribution < 1.29 is 5.11 Å². The summed E-state index contributed by atoms with van der Waals surface area (Å²) in [5, 5.41) is 32.9. The maximum atomic E-state index is 10.4. The lowest BCUT2D eigenvalue weighted by atomic mass is 10.0. The monoisotopic (exact) mass is 445 g/mol. The number of allylic oxidation sites excluding steroid dienone is 1. The number of hydrogen-bond acceptors (Lipinski definition) is 9. The Morgan fingerprint density at radius 3 is 2.90 bits per heavy atom. The molecule has 0 spiro atoms. The summed E-state index contributed by atoms with van der Waals surface area (Å²) in [6.07, 6.45) is 3.51. The van der Waals surface area contributed by atoms with Gasteiger partial charge in [-0.2, -0.15) is 5.26 Å². The molecule has 6 nitrogen and oxygen atoms in total. The van der Waals surface area contributed by atoms with Crippen LogP contribution < -0.4 is 5.32 Å². The van der Waals surface area contributed by atoms with Crippen LogP contribution in [0.25, 0.3) is 15.8 Å². The highest BCUT2D eigenvalue weighted by Gasteiger charge is 2.15. The number of nitrogens with one attached hydrogen (secondary N) is 1. The van der Waals surface area contributed by atoms with Gasteiger partial charge < -0.3 is 10.4 Å². The van der Waals surface area contributed by atoms with Gasteiger partial charge in [0, 0.05) is 6.54 Å². The van der Waals surface area contributed by atoms with Crippen molar-refractivity contribution in [1.82, 2.24) is 15.2 Å². The van der Waals surface area contributed by atoms with Gasteiger partial charge in [0.1, 0.15) is 22.4 Å². The summed E-state index contributed by atoms with van der Waals surface area (Å²) in [6.45, 7) is 5.36. The molecule has 0 amide bonds. The first-order chi connectivity index (χ1) is 14.1. The van der Waals surface area contributed by atoms with Gasteiger partial charge >= 0.3 is 0 Å². The van der Waals surface area contributed by atoms with E-state index in [9.17, 15) is 10.4 Å². The molecular formula is C20H23N5OS3. The number of thioether (sulfide) groups is 1. The SMILES string of the molecule is CCC(C)CCCNc1nnc(SC/C(O)=C(\C#N)c2nc3ccccc3s2)s1. The zero-order valence-corrected chi connectivity index (χ0v) is 18.8. The van der Waals surface area contributed by atoms with Crippen LogP contribution in [0.15, 0.2) is 34.4 Å². The fourth-order valence-electron chi connectivity index (χ4n) is 2.61. The largest absolute Gasteiger partial charge is 0.510 e. The Hall–Kier alpha value is -2.15. The molecule has 1 unspecified atom stereocenters. The molecule has 1 atom stereocenters. The first-order valence-corrected chi connectivity index (χ1v) is 12.1. The predicted molar refractivity (Wildman–Crippen MR) is 123 cm³/mol. The number of aliphatic hydroxyl groups is 1. The summed E-state index contributed by atoms with van der Waals surface area (Å²) < 4.78 is 1.74. The van der Waals surface area contributed by atoms with E-state index in [4.69, 9.17) is 0 Å². The van der Waals surface area contributed by atoms with Gasteiger partial charge in [0.15, 0.2) is 4.34 Å². The van der Waals surface area contributed by atoms with Crippen LogP contribution >= 0.6 is 34.4 Å². The van der Waals surface area contributed by atoms with E-state index in [1.165, 1.54) is 47.3 Å². The summed E-state index contributed by atoms with van der Waals surface area (Å²) in [7, 11) is 0. The zero-order valence-electron chi connectivity index (χ0n) is 16.4. The van der Waals surface area contributed by atoms with Crippen molar-refractivity contribution in [3.8, 4) is 6.07 Å². The number of aromatic nitrogens is 3. The topological polar surface area (TPSA) is 94.7 Å². The van der Waals surface area contributed by atoms with Crippen LogP contribution in [0.1, 0.15) is 38.1 Å². The fraction of sp³-hybridized carbons (Fsp3) is 0.400. The van der Waals surface area contributed by atoms with Gasteiger partial charge in [-0.1, -0.05) is 55.5 Å². The van der Waals surface area contributed by atoms with E-state index in [0.29, 0.717) is 5.01 Å². The summed E-state index contributed by atoms with van der Waals surface area (Å²) >= 11 is 4.23. The third-order valence-electron chi connectivity index (χ3n) is 4.49. The Balaban J connectivity index is 1.57. The van der Waals surface area contributed by atoms with Gasteiger partial charge in [0.2, 0.25) is 5.13 Å². The second-order valence-electron chi connectivity index (χ2n) is 6.66. The van der Waals surface area contributed by atoms with Crippen LogP contribution in [-0.4, -0.2) is 32.6 Å². The first kappa shape index (κ1) is 21.6. The minimum Gasteiger partial charge on any atom is -0.510 e. The number of anilines is 1. The Morgan fingerprint density at radius 1 is 1.31 bits per heavy atom. The van der Waals surface area contributed by atoms with E-state index in [0.717, 1.165) is 38.6 Å². The van der Waals surface area contributed by atoms with Crippen molar-refractivity contribution in [2.75, 3.05) is 17.6 Å². The van der Waals surface area contributed by atoms with Crippen LogP contribution in [0.5, 0.6) is 0 Å². The first-order valence-electron chi connectivity index (χ1n) is 9.49. The van der Waals surface area contributed by atoms with Crippen molar-refractivity contribution >= 4 is 55.4 Å².